The molecule has 4 heteroatoms. The molecule has 2 atom stereocenters. The standard InChI is InChI=1S/C8H16FNO2/c9-5-7(11)4-8(6-10)2-1-3-12-8/h7,11H,1-6,10H2. The van der Waals surface area contributed by atoms with Gasteiger partial charge in [-0.25, -0.2) is 4.39 Å². The summed E-state index contributed by atoms with van der Waals surface area (Å²) in [6.45, 7) is 0.325. The van der Waals surface area contributed by atoms with Crippen molar-refractivity contribution in [2.24, 2.45) is 5.73 Å². The van der Waals surface area contributed by atoms with Crippen LogP contribution in [-0.2, 0) is 4.74 Å². The minimum Gasteiger partial charge on any atom is -0.390 e. The van der Waals surface area contributed by atoms with Crippen molar-refractivity contribution in [1.82, 2.24) is 0 Å². The van der Waals surface area contributed by atoms with E-state index >= 15 is 0 Å². The minimum atomic E-state index is -0.924. The number of aliphatic hydroxyl groups is 1. The van der Waals surface area contributed by atoms with Crippen molar-refractivity contribution in [2.75, 3.05) is 19.8 Å². The van der Waals surface area contributed by atoms with Crippen molar-refractivity contribution in [1.29, 1.82) is 0 Å². The molecule has 3 nitrogen and oxygen atoms in total. The first kappa shape index (κ1) is 9.89. The number of hydrogen-bond donors (Lipinski definition) is 2. The number of nitrogens with two attached hydrogens (primary N) is 1. The van der Waals surface area contributed by atoms with Gasteiger partial charge in [-0.05, 0) is 12.8 Å². The summed E-state index contributed by atoms with van der Waals surface area (Å²) in [7, 11) is 0. The summed E-state index contributed by atoms with van der Waals surface area (Å²) < 4.78 is 17.4. The van der Waals surface area contributed by atoms with E-state index in [2.05, 4.69) is 0 Å². The monoisotopic (exact) mass is 177 g/mol. The summed E-state index contributed by atoms with van der Waals surface area (Å²) in [5, 5.41) is 9.10. The Morgan fingerprint density at radius 1 is 1.67 bits per heavy atom. The predicted octanol–water partition coefficient (Wildman–Crippen LogP) is 0.215. The van der Waals surface area contributed by atoms with Crippen molar-refractivity contribution < 1.29 is 14.2 Å². The average molecular weight is 177 g/mol. The molecule has 0 aliphatic carbocycles. The Hall–Kier alpha value is -0.190. The summed E-state index contributed by atoms with van der Waals surface area (Å²) in [6.07, 6.45) is 1.18. The van der Waals surface area contributed by atoms with Crippen LogP contribution in [-0.4, -0.2) is 36.6 Å². The van der Waals surface area contributed by atoms with Crippen LogP contribution >= 0.6 is 0 Å². The van der Waals surface area contributed by atoms with E-state index in [0.717, 1.165) is 12.8 Å². The van der Waals surface area contributed by atoms with Gasteiger partial charge in [-0.3, -0.25) is 0 Å². The molecular weight excluding hydrogens is 161 g/mol. The largest absolute Gasteiger partial charge is 0.390 e. The van der Waals surface area contributed by atoms with Gasteiger partial charge < -0.3 is 15.6 Å². The maximum Gasteiger partial charge on any atom is 0.115 e. The maximum absolute atomic E-state index is 12.0. The Balaban J connectivity index is 2.43. The second-order valence-electron chi connectivity index (χ2n) is 3.35. The molecular formula is C8H16FNO2. The van der Waals surface area contributed by atoms with Crippen LogP contribution < -0.4 is 5.73 Å². The van der Waals surface area contributed by atoms with Gasteiger partial charge in [0.1, 0.15) is 6.67 Å². The quantitative estimate of drug-likeness (QED) is 0.645. The fourth-order valence-corrected chi connectivity index (χ4v) is 1.64. The highest BCUT2D eigenvalue weighted by molar-refractivity contribution is 4.88. The lowest BCUT2D eigenvalue weighted by atomic mass is 9.93. The van der Waals surface area contributed by atoms with Crippen molar-refractivity contribution in [3.63, 3.8) is 0 Å². The van der Waals surface area contributed by atoms with Gasteiger partial charge in [0.2, 0.25) is 0 Å². The molecule has 0 saturated carbocycles. The molecule has 1 aliphatic heterocycles. The molecule has 0 aromatic rings. The molecule has 1 heterocycles. The number of hydrogen-bond acceptors (Lipinski definition) is 3. The number of ether oxygens (including phenoxy) is 1. The first-order chi connectivity index (χ1) is 5.72. The fraction of sp³-hybridized carbons (Fsp3) is 1.00. The van der Waals surface area contributed by atoms with Gasteiger partial charge in [0.05, 0.1) is 11.7 Å². The number of halogens is 1. The van der Waals surface area contributed by atoms with Gasteiger partial charge >= 0.3 is 0 Å². The van der Waals surface area contributed by atoms with E-state index < -0.39 is 18.4 Å². The summed E-state index contributed by atoms with van der Waals surface area (Å²) in [5.74, 6) is 0. The van der Waals surface area contributed by atoms with Crippen LogP contribution in [0.5, 0.6) is 0 Å². The van der Waals surface area contributed by atoms with E-state index in [4.69, 9.17) is 15.6 Å². The summed E-state index contributed by atoms with van der Waals surface area (Å²) >= 11 is 0. The normalized spacial score (nSPS) is 32.2. The smallest absolute Gasteiger partial charge is 0.115 e. The van der Waals surface area contributed by atoms with Gasteiger partial charge in [0.15, 0.2) is 0 Å². The molecule has 1 rings (SSSR count). The van der Waals surface area contributed by atoms with Crippen LogP contribution in [0.2, 0.25) is 0 Å². The van der Waals surface area contributed by atoms with Crippen molar-refractivity contribution in [3.05, 3.63) is 0 Å². The molecule has 0 aromatic carbocycles. The second kappa shape index (κ2) is 4.16. The predicted molar refractivity (Wildman–Crippen MR) is 43.6 cm³/mol. The summed E-state index contributed by atoms with van der Waals surface area (Å²) in [5.41, 5.74) is 5.06. The van der Waals surface area contributed by atoms with Crippen LogP contribution in [0.25, 0.3) is 0 Å². The Morgan fingerprint density at radius 2 is 2.42 bits per heavy atom. The Labute approximate surface area is 71.7 Å². The van der Waals surface area contributed by atoms with Crippen molar-refractivity contribution in [2.45, 2.75) is 31.0 Å². The number of rotatable bonds is 4. The molecule has 12 heavy (non-hydrogen) atoms. The fourth-order valence-electron chi connectivity index (χ4n) is 1.64. The van der Waals surface area contributed by atoms with E-state index in [9.17, 15) is 4.39 Å². The van der Waals surface area contributed by atoms with Gasteiger partial charge in [0.25, 0.3) is 0 Å². The zero-order valence-corrected chi connectivity index (χ0v) is 7.13. The molecule has 1 aliphatic rings. The lowest BCUT2D eigenvalue weighted by molar-refractivity contribution is -0.0318. The van der Waals surface area contributed by atoms with E-state index in [-0.39, 0.29) is 0 Å². The second-order valence-corrected chi connectivity index (χ2v) is 3.35. The Kier molecular flexibility index (Phi) is 3.43. The molecule has 1 fully saturated rings. The molecule has 0 aromatic heterocycles. The van der Waals surface area contributed by atoms with Gasteiger partial charge in [-0.15, -0.1) is 0 Å². The lowest BCUT2D eigenvalue weighted by Crippen LogP contribution is -2.40. The average Bonchev–Trinajstić information content (AvgIpc) is 2.54. The Bertz CT molecular complexity index is 137. The van der Waals surface area contributed by atoms with E-state index in [0.29, 0.717) is 19.6 Å². The van der Waals surface area contributed by atoms with E-state index in [1.54, 1.807) is 0 Å². The summed E-state index contributed by atoms with van der Waals surface area (Å²) in [4.78, 5) is 0. The van der Waals surface area contributed by atoms with Gasteiger partial charge in [0, 0.05) is 19.6 Å². The summed E-state index contributed by atoms with van der Waals surface area (Å²) in [6, 6.07) is 0. The third-order valence-electron chi connectivity index (χ3n) is 2.34. The van der Waals surface area contributed by atoms with Crippen LogP contribution in [0.3, 0.4) is 0 Å². The molecule has 72 valence electrons. The van der Waals surface area contributed by atoms with Crippen molar-refractivity contribution in [3.8, 4) is 0 Å². The highest BCUT2D eigenvalue weighted by Crippen LogP contribution is 2.29. The highest BCUT2D eigenvalue weighted by Gasteiger charge is 2.35. The molecule has 3 N–H and O–H groups in total. The molecule has 0 bridgehead atoms. The zero-order chi connectivity index (χ0) is 9.03. The maximum atomic E-state index is 12.0. The number of aliphatic hydroxyl groups excluding tert-OH is 1. The molecule has 0 amide bonds. The Morgan fingerprint density at radius 3 is 2.83 bits per heavy atom. The van der Waals surface area contributed by atoms with Crippen molar-refractivity contribution >= 4 is 0 Å². The number of alkyl halides is 1. The van der Waals surface area contributed by atoms with Crippen LogP contribution in [0, 0.1) is 0 Å². The highest BCUT2D eigenvalue weighted by atomic mass is 19.1. The molecule has 0 spiro atoms. The lowest BCUT2D eigenvalue weighted by Gasteiger charge is -2.28. The van der Waals surface area contributed by atoms with Gasteiger partial charge in [-0.2, -0.15) is 0 Å². The van der Waals surface area contributed by atoms with Crippen LogP contribution in [0.4, 0.5) is 4.39 Å². The van der Waals surface area contributed by atoms with E-state index in [1.165, 1.54) is 0 Å². The third-order valence-corrected chi connectivity index (χ3v) is 2.34. The third kappa shape index (κ3) is 2.15. The first-order valence-electron chi connectivity index (χ1n) is 4.30. The topological polar surface area (TPSA) is 55.5 Å². The van der Waals surface area contributed by atoms with E-state index in [1.807, 2.05) is 0 Å². The molecule has 2 unspecified atom stereocenters. The van der Waals surface area contributed by atoms with Gasteiger partial charge in [-0.1, -0.05) is 0 Å². The van der Waals surface area contributed by atoms with Crippen LogP contribution in [0.15, 0.2) is 0 Å². The molecule has 1 saturated heterocycles. The first-order valence-corrected chi connectivity index (χ1v) is 4.30. The van der Waals surface area contributed by atoms with Crippen LogP contribution in [0.1, 0.15) is 19.3 Å². The minimum absolute atomic E-state index is 0.319. The molecule has 0 radical (unpaired) electrons. The zero-order valence-electron chi connectivity index (χ0n) is 7.13. The SMILES string of the molecule is NCC1(CC(O)CF)CCCO1.